The van der Waals surface area contributed by atoms with Crippen LogP contribution < -0.4 is 21.5 Å². The minimum atomic E-state index is 0.392. The van der Waals surface area contributed by atoms with Gasteiger partial charge in [-0.15, -0.1) is 0 Å². The van der Waals surface area contributed by atoms with E-state index in [4.69, 9.17) is 0 Å². The molecule has 0 aromatic heterocycles. The molecule has 0 unspecified atom stereocenters. The van der Waals surface area contributed by atoms with E-state index in [1.807, 2.05) is 0 Å². The molecule has 0 saturated carbocycles. The van der Waals surface area contributed by atoms with Crippen LogP contribution in [0.5, 0.6) is 0 Å². The molecule has 1 spiro atoms. The molecule has 0 aromatic carbocycles. The maximum atomic E-state index is 2.74. The summed E-state index contributed by atoms with van der Waals surface area (Å²) in [6.45, 7) is 7.86. The van der Waals surface area contributed by atoms with Crippen LogP contribution in [0.4, 0.5) is 0 Å². The molecule has 2 aliphatic heterocycles. The Bertz CT molecular complexity index is 168. The Hall–Kier alpha value is 0.650. The summed E-state index contributed by atoms with van der Waals surface area (Å²) >= 11 is 0.392. The Morgan fingerprint density at radius 3 is 2.31 bits per heavy atom. The first kappa shape index (κ1) is 10.2. The van der Waals surface area contributed by atoms with Crippen molar-refractivity contribution in [3.8, 4) is 0 Å². The summed E-state index contributed by atoms with van der Waals surface area (Å²) in [5.74, 6) is 0. The number of hydrogen-bond donors (Lipinski definition) is 0. The first-order chi connectivity index (χ1) is 6.24. The van der Waals surface area contributed by atoms with Crippen LogP contribution in [-0.2, 0) is 0 Å². The third-order valence-corrected chi connectivity index (χ3v) is 5.88. The number of nitrogens with zero attached hydrogens (tertiary/aromatic N) is 2. The average molecular weight is 295 g/mol. The fraction of sp³-hybridized carbons (Fsp3) is 1.00. The zero-order valence-corrected chi connectivity index (χ0v) is 10.9. The molecular formula is C10H20IN2-. The van der Waals surface area contributed by atoms with Gasteiger partial charge in [-0.2, -0.15) is 0 Å². The fourth-order valence-corrected chi connectivity index (χ4v) is 4.79. The molecule has 3 heteroatoms. The van der Waals surface area contributed by atoms with Crippen molar-refractivity contribution in [2.45, 2.75) is 19.8 Å². The molecule has 2 saturated heterocycles. The van der Waals surface area contributed by atoms with E-state index in [0.717, 1.165) is 5.41 Å². The second-order valence-corrected chi connectivity index (χ2v) is 8.04. The van der Waals surface area contributed by atoms with Gasteiger partial charge in [0.25, 0.3) is 0 Å². The van der Waals surface area contributed by atoms with Crippen molar-refractivity contribution in [2.75, 3.05) is 37.7 Å². The third-order valence-electron chi connectivity index (χ3n) is 3.27. The van der Waals surface area contributed by atoms with Gasteiger partial charge in [-0.1, -0.05) is 0 Å². The van der Waals surface area contributed by atoms with E-state index in [9.17, 15) is 0 Å². The molecule has 0 N–H and O–H groups in total. The molecule has 2 aliphatic rings. The van der Waals surface area contributed by atoms with Gasteiger partial charge in [0.15, 0.2) is 0 Å². The summed E-state index contributed by atoms with van der Waals surface area (Å²) < 4.78 is 4.16. The zero-order chi connectivity index (χ0) is 9.31. The Kier molecular flexibility index (Phi) is 3.15. The number of halogens is 1. The van der Waals surface area contributed by atoms with Crippen LogP contribution in [-0.4, -0.2) is 45.7 Å². The van der Waals surface area contributed by atoms with Gasteiger partial charge in [0.05, 0.1) is 0 Å². The Morgan fingerprint density at radius 1 is 1.23 bits per heavy atom. The van der Waals surface area contributed by atoms with E-state index in [1.165, 1.54) is 43.4 Å². The van der Waals surface area contributed by atoms with E-state index >= 15 is 0 Å². The molecule has 78 valence electrons. The van der Waals surface area contributed by atoms with Crippen molar-refractivity contribution in [3.05, 3.63) is 0 Å². The van der Waals surface area contributed by atoms with Crippen molar-refractivity contribution in [3.63, 3.8) is 0 Å². The number of rotatable bonds is 2. The predicted molar refractivity (Wildman–Crippen MR) is 51.3 cm³/mol. The summed E-state index contributed by atoms with van der Waals surface area (Å²) in [7, 11) is 2.25. The molecule has 13 heavy (non-hydrogen) atoms. The molecule has 0 aliphatic carbocycles. The van der Waals surface area contributed by atoms with Crippen LogP contribution in [0.2, 0.25) is 0 Å². The van der Waals surface area contributed by atoms with Crippen LogP contribution in [0.1, 0.15) is 19.8 Å². The molecule has 2 nitrogen and oxygen atoms in total. The van der Waals surface area contributed by atoms with E-state index in [1.54, 1.807) is 0 Å². The quantitative estimate of drug-likeness (QED) is 0.332. The molecule has 0 bridgehead atoms. The molecule has 0 radical (unpaired) electrons. The summed E-state index contributed by atoms with van der Waals surface area (Å²) in [6.07, 6.45) is 2.94. The molecule has 0 amide bonds. The second kappa shape index (κ2) is 4.03. The van der Waals surface area contributed by atoms with Gasteiger partial charge in [-0.3, -0.25) is 0 Å². The van der Waals surface area contributed by atoms with Crippen molar-refractivity contribution < 1.29 is 21.5 Å². The SMILES string of the molecule is CC[I-]N1CCC2(CC1)CN(C)C2. The third kappa shape index (κ3) is 2.18. The Labute approximate surface area is 92.3 Å². The second-order valence-electron chi connectivity index (χ2n) is 4.47. The van der Waals surface area contributed by atoms with Gasteiger partial charge in [0.1, 0.15) is 0 Å². The van der Waals surface area contributed by atoms with Gasteiger partial charge in [-0.05, 0) is 0 Å². The van der Waals surface area contributed by atoms with Crippen LogP contribution in [0.3, 0.4) is 0 Å². The molecule has 2 heterocycles. The van der Waals surface area contributed by atoms with Gasteiger partial charge in [-0.25, -0.2) is 0 Å². The molecule has 2 rings (SSSR count). The maximum absolute atomic E-state index is 2.74. The Balaban J connectivity index is 1.77. The van der Waals surface area contributed by atoms with Gasteiger partial charge < -0.3 is 0 Å². The van der Waals surface area contributed by atoms with Gasteiger partial charge >= 0.3 is 92.3 Å². The predicted octanol–water partition coefficient (Wildman–Crippen LogP) is -1.96. The fourth-order valence-electron chi connectivity index (χ4n) is 2.66. The van der Waals surface area contributed by atoms with Crippen molar-refractivity contribution in [2.24, 2.45) is 5.41 Å². The van der Waals surface area contributed by atoms with Crippen molar-refractivity contribution in [1.29, 1.82) is 0 Å². The normalized spacial score (nSPS) is 29.4. The monoisotopic (exact) mass is 295 g/mol. The first-order valence-electron chi connectivity index (χ1n) is 5.27. The molecular weight excluding hydrogens is 275 g/mol. The van der Waals surface area contributed by atoms with Gasteiger partial charge in [0, 0.05) is 0 Å². The number of alkyl halides is 1. The molecule has 2 fully saturated rings. The molecule has 0 atom stereocenters. The summed E-state index contributed by atoms with van der Waals surface area (Å²) in [5.41, 5.74) is 0.753. The number of likely N-dealkylation sites (tertiary alicyclic amines) is 1. The zero-order valence-electron chi connectivity index (χ0n) is 8.72. The van der Waals surface area contributed by atoms with Crippen molar-refractivity contribution >= 4 is 0 Å². The topological polar surface area (TPSA) is 6.48 Å². The first-order valence-corrected chi connectivity index (χ1v) is 7.76. The standard InChI is InChI=1S/C10H20IN2/c1-3-11-13-6-4-10(5-7-13)8-12(2)9-10/h3-9H2,1-2H3/q-1. The summed E-state index contributed by atoms with van der Waals surface area (Å²) in [5, 5.41) is 0. The van der Waals surface area contributed by atoms with E-state index in [0.29, 0.717) is 21.5 Å². The van der Waals surface area contributed by atoms with E-state index in [2.05, 4.69) is 22.0 Å². The van der Waals surface area contributed by atoms with Crippen LogP contribution in [0.25, 0.3) is 0 Å². The van der Waals surface area contributed by atoms with Crippen LogP contribution in [0, 0.1) is 5.41 Å². The Morgan fingerprint density at radius 2 is 1.85 bits per heavy atom. The number of piperidine rings is 1. The minimum absolute atomic E-state index is 0.392. The van der Waals surface area contributed by atoms with Crippen molar-refractivity contribution in [1.82, 2.24) is 8.01 Å². The number of hydrogen-bond acceptors (Lipinski definition) is 2. The molecule has 0 aromatic rings. The van der Waals surface area contributed by atoms with Gasteiger partial charge in [0.2, 0.25) is 0 Å². The summed E-state index contributed by atoms with van der Waals surface area (Å²) in [6, 6.07) is 0. The van der Waals surface area contributed by atoms with E-state index in [-0.39, 0.29) is 0 Å². The van der Waals surface area contributed by atoms with Crippen LogP contribution in [0.15, 0.2) is 0 Å². The van der Waals surface area contributed by atoms with E-state index < -0.39 is 0 Å². The average Bonchev–Trinajstić information content (AvgIpc) is 2.07. The van der Waals surface area contributed by atoms with Crippen LogP contribution >= 0.6 is 0 Å². The summed E-state index contributed by atoms with van der Waals surface area (Å²) in [4.78, 5) is 2.46.